The molecule has 2 aromatic carbocycles. The van der Waals surface area contributed by atoms with Crippen LogP contribution in [0.25, 0.3) is 11.4 Å². The molecule has 1 aromatic heterocycles. The minimum atomic E-state index is 0.566. The predicted octanol–water partition coefficient (Wildman–Crippen LogP) is 5.25. The molecule has 0 atom stereocenters. The van der Waals surface area contributed by atoms with Gasteiger partial charge in [-0.15, -0.1) is 16.8 Å². The molecule has 1 aliphatic heterocycles. The fourth-order valence-electron chi connectivity index (χ4n) is 3.16. The van der Waals surface area contributed by atoms with Crippen molar-refractivity contribution in [3.05, 3.63) is 59.6 Å². The smallest absolute Gasteiger partial charge is 0.192 e. The fraction of sp³-hybridized carbons (Fsp3) is 0.273. The summed E-state index contributed by atoms with van der Waals surface area (Å²) >= 11 is 8.01. The number of allylic oxidation sites excluding steroid dienone is 1. The summed E-state index contributed by atoms with van der Waals surface area (Å²) in [4.78, 5) is 0. The monoisotopic (exact) mass is 443 g/mol. The highest BCUT2D eigenvalue weighted by atomic mass is 35.5. The summed E-state index contributed by atoms with van der Waals surface area (Å²) in [6.45, 7) is 5.72. The van der Waals surface area contributed by atoms with Gasteiger partial charge in [0.25, 0.3) is 0 Å². The van der Waals surface area contributed by atoms with Gasteiger partial charge in [-0.2, -0.15) is 0 Å². The highest BCUT2D eigenvalue weighted by Crippen LogP contribution is 2.39. The standard InChI is InChI=1S/C22H22ClN3O3S/c1-3-9-26-21(16-5-7-17(27-2)8-6-16)24-25-22(26)30-14-15-12-18(23)20-19(13-15)28-10-4-11-29-20/h3,5-8,12-13H,1,4,9-11,14H2,2H3. The van der Waals surface area contributed by atoms with Gasteiger partial charge in [0.2, 0.25) is 0 Å². The van der Waals surface area contributed by atoms with Crippen LogP contribution in [0.15, 0.2) is 54.2 Å². The maximum absolute atomic E-state index is 6.42. The van der Waals surface area contributed by atoms with Gasteiger partial charge in [0.1, 0.15) is 5.75 Å². The Balaban J connectivity index is 1.56. The van der Waals surface area contributed by atoms with Gasteiger partial charge in [-0.3, -0.25) is 4.57 Å². The van der Waals surface area contributed by atoms with Crippen molar-refractivity contribution >= 4 is 23.4 Å². The molecule has 0 spiro atoms. The van der Waals surface area contributed by atoms with Gasteiger partial charge in [0, 0.05) is 24.3 Å². The van der Waals surface area contributed by atoms with Crippen LogP contribution in [0.1, 0.15) is 12.0 Å². The number of ether oxygens (including phenoxy) is 3. The molecule has 0 unspecified atom stereocenters. The van der Waals surface area contributed by atoms with Crippen molar-refractivity contribution in [2.45, 2.75) is 23.9 Å². The van der Waals surface area contributed by atoms with Gasteiger partial charge >= 0.3 is 0 Å². The van der Waals surface area contributed by atoms with Crippen LogP contribution in [-0.2, 0) is 12.3 Å². The molecule has 156 valence electrons. The van der Waals surface area contributed by atoms with Gasteiger partial charge in [-0.05, 0) is 42.0 Å². The number of rotatable bonds is 7. The van der Waals surface area contributed by atoms with E-state index in [2.05, 4.69) is 16.8 Å². The zero-order valence-electron chi connectivity index (χ0n) is 16.6. The molecule has 2 heterocycles. The Labute approximate surface area is 184 Å². The number of halogens is 1. The lowest BCUT2D eigenvalue weighted by atomic mass is 10.2. The molecule has 0 saturated heterocycles. The summed E-state index contributed by atoms with van der Waals surface area (Å²) in [5.41, 5.74) is 2.00. The fourth-order valence-corrected chi connectivity index (χ4v) is 4.32. The van der Waals surface area contributed by atoms with E-state index in [0.717, 1.165) is 34.3 Å². The van der Waals surface area contributed by atoms with E-state index in [1.54, 1.807) is 18.9 Å². The number of hydrogen-bond acceptors (Lipinski definition) is 6. The average molecular weight is 444 g/mol. The number of benzene rings is 2. The molecule has 1 aliphatic rings. The van der Waals surface area contributed by atoms with Gasteiger partial charge in [-0.1, -0.05) is 29.4 Å². The average Bonchev–Trinajstić information content (AvgIpc) is 2.99. The minimum absolute atomic E-state index is 0.566. The van der Waals surface area contributed by atoms with E-state index in [-0.39, 0.29) is 0 Å². The Morgan fingerprint density at radius 1 is 1.20 bits per heavy atom. The molecule has 0 N–H and O–H groups in total. The van der Waals surface area contributed by atoms with E-state index < -0.39 is 0 Å². The van der Waals surface area contributed by atoms with Crippen LogP contribution in [0.3, 0.4) is 0 Å². The lowest BCUT2D eigenvalue weighted by molar-refractivity contribution is 0.297. The van der Waals surface area contributed by atoms with Crippen LogP contribution in [0.5, 0.6) is 17.2 Å². The second kappa shape index (κ2) is 9.45. The van der Waals surface area contributed by atoms with Crippen molar-refractivity contribution in [2.24, 2.45) is 0 Å². The molecule has 8 heteroatoms. The van der Waals surface area contributed by atoms with Crippen molar-refractivity contribution in [2.75, 3.05) is 20.3 Å². The predicted molar refractivity (Wildman–Crippen MR) is 119 cm³/mol. The molecule has 0 radical (unpaired) electrons. The molecule has 0 amide bonds. The minimum Gasteiger partial charge on any atom is -0.497 e. The first-order chi connectivity index (χ1) is 14.7. The lowest BCUT2D eigenvalue weighted by Gasteiger charge is -2.12. The number of nitrogens with zero attached hydrogens (tertiary/aromatic N) is 3. The topological polar surface area (TPSA) is 58.4 Å². The Bertz CT molecular complexity index is 1040. The van der Waals surface area contributed by atoms with E-state index in [0.29, 0.717) is 42.0 Å². The molecule has 3 aromatic rings. The number of fused-ring (bicyclic) bond motifs is 1. The highest BCUT2D eigenvalue weighted by molar-refractivity contribution is 7.98. The van der Waals surface area contributed by atoms with Crippen LogP contribution in [0.4, 0.5) is 0 Å². The van der Waals surface area contributed by atoms with Crippen molar-refractivity contribution in [1.82, 2.24) is 14.8 Å². The van der Waals surface area contributed by atoms with Crippen molar-refractivity contribution in [1.29, 1.82) is 0 Å². The van der Waals surface area contributed by atoms with Crippen molar-refractivity contribution in [3.8, 4) is 28.6 Å². The van der Waals surface area contributed by atoms with Crippen LogP contribution >= 0.6 is 23.4 Å². The van der Waals surface area contributed by atoms with E-state index in [4.69, 9.17) is 25.8 Å². The molecule has 0 aliphatic carbocycles. The van der Waals surface area contributed by atoms with Crippen LogP contribution < -0.4 is 14.2 Å². The first-order valence-electron chi connectivity index (χ1n) is 9.59. The molecular formula is C22H22ClN3O3S. The van der Waals surface area contributed by atoms with Gasteiger partial charge in [0.15, 0.2) is 22.5 Å². The molecule has 0 bridgehead atoms. The largest absolute Gasteiger partial charge is 0.497 e. The summed E-state index contributed by atoms with van der Waals surface area (Å²) < 4.78 is 18.8. The Morgan fingerprint density at radius 2 is 2.00 bits per heavy atom. The molecular weight excluding hydrogens is 422 g/mol. The first kappa shape index (κ1) is 20.6. The molecule has 0 saturated carbocycles. The van der Waals surface area contributed by atoms with E-state index >= 15 is 0 Å². The first-order valence-corrected chi connectivity index (χ1v) is 11.0. The summed E-state index contributed by atoms with van der Waals surface area (Å²) in [5, 5.41) is 10.2. The third kappa shape index (κ3) is 4.42. The molecule has 6 nitrogen and oxygen atoms in total. The Morgan fingerprint density at radius 3 is 2.77 bits per heavy atom. The zero-order chi connectivity index (χ0) is 20.9. The van der Waals surface area contributed by atoms with E-state index in [1.807, 2.05) is 47.0 Å². The number of aromatic nitrogens is 3. The van der Waals surface area contributed by atoms with Crippen molar-refractivity contribution < 1.29 is 14.2 Å². The summed E-state index contributed by atoms with van der Waals surface area (Å²) in [6.07, 6.45) is 2.68. The quantitative estimate of drug-likeness (QED) is 0.367. The molecule has 0 fully saturated rings. The van der Waals surface area contributed by atoms with Crippen LogP contribution in [-0.4, -0.2) is 35.1 Å². The molecule has 4 rings (SSSR count). The van der Waals surface area contributed by atoms with E-state index in [1.165, 1.54) is 0 Å². The Kier molecular flexibility index (Phi) is 6.50. The third-order valence-corrected chi connectivity index (χ3v) is 5.93. The summed E-state index contributed by atoms with van der Waals surface area (Å²) in [5.74, 6) is 3.58. The third-order valence-electron chi connectivity index (χ3n) is 4.61. The highest BCUT2D eigenvalue weighted by Gasteiger charge is 2.17. The number of thioether (sulfide) groups is 1. The number of methoxy groups -OCH3 is 1. The zero-order valence-corrected chi connectivity index (χ0v) is 18.2. The van der Waals surface area contributed by atoms with Gasteiger partial charge in [0.05, 0.1) is 25.3 Å². The van der Waals surface area contributed by atoms with Crippen LogP contribution in [0, 0.1) is 0 Å². The maximum atomic E-state index is 6.42. The Hall–Kier alpha value is -2.64. The lowest BCUT2D eigenvalue weighted by Crippen LogP contribution is -2.01. The van der Waals surface area contributed by atoms with E-state index in [9.17, 15) is 0 Å². The normalized spacial score (nSPS) is 13.0. The SMILES string of the molecule is C=CCn1c(SCc2cc(Cl)c3c(c2)OCCCO3)nnc1-c1ccc(OC)cc1. The van der Waals surface area contributed by atoms with Gasteiger partial charge < -0.3 is 14.2 Å². The number of hydrogen-bond donors (Lipinski definition) is 0. The second-order valence-electron chi connectivity index (χ2n) is 6.68. The summed E-state index contributed by atoms with van der Waals surface area (Å²) in [7, 11) is 1.65. The summed E-state index contributed by atoms with van der Waals surface area (Å²) in [6, 6.07) is 11.7. The van der Waals surface area contributed by atoms with Crippen molar-refractivity contribution in [3.63, 3.8) is 0 Å². The van der Waals surface area contributed by atoms with Crippen LogP contribution in [0.2, 0.25) is 5.02 Å². The second-order valence-corrected chi connectivity index (χ2v) is 8.03. The maximum Gasteiger partial charge on any atom is 0.192 e. The van der Waals surface area contributed by atoms with Gasteiger partial charge in [-0.25, -0.2) is 0 Å². The molecule has 30 heavy (non-hydrogen) atoms.